The Labute approximate surface area is 97.2 Å². The third kappa shape index (κ3) is 3.55. The first kappa shape index (κ1) is 12.0. The molecule has 82 valence electrons. The van der Waals surface area contributed by atoms with Gasteiger partial charge in [-0.05, 0) is 23.6 Å². The molecule has 0 unspecified atom stereocenters. The molecule has 0 aliphatic carbocycles. The summed E-state index contributed by atoms with van der Waals surface area (Å²) in [6.45, 7) is 3.85. The molecule has 0 spiro atoms. The van der Waals surface area contributed by atoms with Crippen LogP contribution in [0, 0.1) is 5.92 Å². The maximum atomic E-state index is 10.5. The lowest BCUT2D eigenvalue weighted by atomic mass is 9.99. The minimum Gasteiger partial charge on any atom is -0.450 e. The summed E-state index contributed by atoms with van der Waals surface area (Å²) in [5, 5.41) is 8.63. The van der Waals surface area contributed by atoms with E-state index in [0.29, 0.717) is 0 Å². The lowest BCUT2D eigenvalue weighted by Crippen LogP contribution is -2.14. The summed E-state index contributed by atoms with van der Waals surface area (Å²) in [5.74, 6) is 0.107. The van der Waals surface area contributed by atoms with E-state index in [4.69, 9.17) is 9.84 Å². The Hall–Kier alpha value is -1.03. The van der Waals surface area contributed by atoms with Gasteiger partial charge in [0.25, 0.3) is 0 Å². The van der Waals surface area contributed by atoms with E-state index < -0.39 is 12.3 Å². The van der Waals surface area contributed by atoms with Crippen LogP contribution in [0.2, 0.25) is 0 Å². The number of hydrogen-bond donors (Lipinski definition) is 1. The highest BCUT2D eigenvalue weighted by atomic mass is 79.9. The van der Waals surface area contributed by atoms with Crippen LogP contribution in [0.25, 0.3) is 0 Å². The molecule has 0 radical (unpaired) electrons. The average Bonchev–Trinajstić information content (AvgIpc) is 2.13. The Balaban J connectivity index is 2.93. The molecule has 15 heavy (non-hydrogen) atoms. The van der Waals surface area contributed by atoms with Crippen molar-refractivity contribution in [2.45, 2.75) is 20.0 Å². The van der Waals surface area contributed by atoms with Gasteiger partial charge in [0.2, 0.25) is 0 Å². The second kappa shape index (κ2) is 5.16. The Morgan fingerprint density at radius 1 is 1.47 bits per heavy atom. The van der Waals surface area contributed by atoms with Gasteiger partial charge in [0.1, 0.15) is 6.10 Å². The number of ether oxygens (including phenoxy) is 1. The Bertz CT molecular complexity index is 349. The Morgan fingerprint density at radius 2 is 2.13 bits per heavy atom. The first-order valence-corrected chi connectivity index (χ1v) is 5.45. The molecule has 4 heteroatoms. The van der Waals surface area contributed by atoms with Gasteiger partial charge in [-0.15, -0.1) is 0 Å². The Morgan fingerprint density at radius 3 is 2.60 bits per heavy atom. The van der Waals surface area contributed by atoms with Gasteiger partial charge in [0.15, 0.2) is 0 Å². The molecule has 0 fully saturated rings. The van der Waals surface area contributed by atoms with E-state index >= 15 is 0 Å². The number of halogens is 1. The second-order valence-corrected chi connectivity index (χ2v) is 4.52. The molecule has 0 saturated carbocycles. The van der Waals surface area contributed by atoms with E-state index in [0.717, 1.165) is 10.0 Å². The molecule has 1 N–H and O–H groups in total. The van der Waals surface area contributed by atoms with Gasteiger partial charge in [-0.25, -0.2) is 4.79 Å². The molecule has 1 atom stereocenters. The summed E-state index contributed by atoms with van der Waals surface area (Å²) in [7, 11) is 0. The van der Waals surface area contributed by atoms with Gasteiger partial charge in [-0.1, -0.05) is 41.9 Å². The summed E-state index contributed by atoms with van der Waals surface area (Å²) >= 11 is 3.34. The molecule has 0 heterocycles. The molecular weight excluding hydrogens is 260 g/mol. The molecule has 0 aliphatic rings. The molecular formula is C11H13BrO3. The van der Waals surface area contributed by atoms with E-state index in [1.54, 1.807) is 0 Å². The van der Waals surface area contributed by atoms with E-state index in [2.05, 4.69) is 15.9 Å². The first-order valence-electron chi connectivity index (χ1n) is 4.65. The highest BCUT2D eigenvalue weighted by Gasteiger charge is 2.20. The summed E-state index contributed by atoms with van der Waals surface area (Å²) in [6.07, 6.45) is -1.66. The zero-order valence-electron chi connectivity index (χ0n) is 8.61. The molecule has 0 aliphatic heterocycles. The van der Waals surface area contributed by atoms with E-state index in [1.165, 1.54) is 0 Å². The van der Waals surface area contributed by atoms with Crippen molar-refractivity contribution < 1.29 is 14.6 Å². The molecule has 0 bridgehead atoms. The minimum absolute atomic E-state index is 0.107. The van der Waals surface area contributed by atoms with Crippen LogP contribution in [-0.2, 0) is 4.74 Å². The van der Waals surface area contributed by atoms with Crippen molar-refractivity contribution in [1.82, 2.24) is 0 Å². The number of hydrogen-bond acceptors (Lipinski definition) is 2. The topological polar surface area (TPSA) is 46.5 Å². The molecule has 3 nitrogen and oxygen atoms in total. The van der Waals surface area contributed by atoms with Gasteiger partial charge >= 0.3 is 6.16 Å². The lowest BCUT2D eigenvalue weighted by molar-refractivity contribution is 0.0308. The number of carboxylic acid groups (broad SMARTS) is 1. The maximum Gasteiger partial charge on any atom is 0.506 e. The van der Waals surface area contributed by atoms with Gasteiger partial charge in [0, 0.05) is 4.47 Å². The summed E-state index contributed by atoms with van der Waals surface area (Å²) in [5.41, 5.74) is 0.863. The molecule has 0 amide bonds. The van der Waals surface area contributed by atoms with E-state index in [1.807, 2.05) is 38.1 Å². The molecule has 0 saturated heterocycles. The monoisotopic (exact) mass is 272 g/mol. The SMILES string of the molecule is CC(C)[C@@H](OC(=O)O)c1cccc(Br)c1. The van der Waals surface area contributed by atoms with Crippen molar-refractivity contribution in [1.29, 1.82) is 0 Å². The highest BCUT2D eigenvalue weighted by Crippen LogP contribution is 2.27. The van der Waals surface area contributed by atoms with Crippen LogP contribution in [0.3, 0.4) is 0 Å². The van der Waals surface area contributed by atoms with E-state index in [9.17, 15) is 4.79 Å². The first-order chi connectivity index (χ1) is 7.00. The highest BCUT2D eigenvalue weighted by molar-refractivity contribution is 9.10. The van der Waals surface area contributed by atoms with Crippen LogP contribution in [0.5, 0.6) is 0 Å². The average molecular weight is 273 g/mol. The van der Waals surface area contributed by atoms with Crippen LogP contribution in [-0.4, -0.2) is 11.3 Å². The number of rotatable bonds is 3. The molecule has 1 aromatic rings. The van der Waals surface area contributed by atoms with Gasteiger partial charge < -0.3 is 9.84 Å². The van der Waals surface area contributed by atoms with E-state index in [-0.39, 0.29) is 5.92 Å². The lowest BCUT2D eigenvalue weighted by Gasteiger charge is -2.20. The zero-order valence-corrected chi connectivity index (χ0v) is 10.2. The van der Waals surface area contributed by atoms with Crippen LogP contribution in [0.15, 0.2) is 28.7 Å². The predicted molar refractivity (Wildman–Crippen MR) is 60.8 cm³/mol. The van der Waals surface area contributed by atoms with Crippen LogP contribution in [0.4, 0.5) is 4.79 Å². The normalized spacial score (nSPS) is 12.5. The molecule has 1 rings (SSSR count). The van der Waals surface area contributed by atoms with Crippen molar-refractivity contribution in [2.75, 3.05) is 0 Å². The smallest absolute Gasteiger partial charge is 0.450 e. The summed E-state index contributed by atoms with van der Waals surface area (Å²) < 4.78 is 5.76. The van der Waals surface area contributed by atoms with Gasteiger partial charge in [-0.2, -0.15) is 0 Å². The Kier molecular flexibility index (Phi) is 4.15. The van der Waals surface area contributed by atoms with Crippen molar-refractivity contribution >= 4 is 22.1 Å². The third-order valence-electron chi connectivity index (χ3n) is 2.01. The summed E-state index contributed by atoms with van der Waals surface area (Å²) in [6, 6.07) is 7.48. The second-order valence-electron chi connectivity index (χ2n) is 3.60. The van der Waals surface area contributed by atoms with Crippen molar-refractivity contribution in [3.8, 4) is 0 Å². The quantitative estimate of drug-likeness (QED) is 0.851. The van der Waals surface area contributed by atoms with Crippen LogP contribution >= 0.6 is 15.9 Å². The van der Waals surface area contributed by atoms with Crippen molar-refractivity contribution in [2.24, 2.45) is 5.92 Å². The third-order valence-corrected chi connectivity index (χ3v) is 2.50. The van der Waals surface area contributed by atoms with Gasteiger partial charge in [-0.3, -0.25) is 0 Å². The minimum atomic E-state index is -1.24. The summed E-state index contributed by atoms with van der Waals surface area (Å²) in [4.78, 5) is 10.5. The fourth-order valence-electron chi connectivity index (χ4n) is 1.38. The number of benzene rings is 1. The molecule has 1 aromatic carbocycles. The van der Waals surface area contributed by atoms with Crippen molar-refractivity contribution in [3.05, 3.63) is 34.3 Å². The standard InChI is InChI=1S/C11H13BrO3/c1-7(2)10(15-11(13)14)8-4-3-5-9(12)6-8/h3-7,10H,1-2H3,(H,13,14)/t10-/m1/s1. The molecule has 0 aromatic heterocycles. The predicted octanol–water partition coefficient (Wildman–Crippen LogP) is 3.84. The van der Waals surface area contributed by atoms with Crippen LogP contribution in [0.1, 0.15) is 25.5 Å². The van der Waals surface area contributed by atoms with Gasteiger partial charge in [0.05, 0.1) is 0 Å². The zero-order chi connectivity index (χ0) is 11.4. The fourth-order valence-corrected chi connectivity index (χ4v) is 1.80. The fraction of sp³-hybridized carbons (Fsp3) is 0.364. The number of carbonyl (C=O) groups is 1. The van der Waals surface area contributed by atoms with Crippen LogP contribution < -0.4 is 0 Å². The largest absolute Gasteiger partial charge is 0.506 e. The van der Waals surface area contributed by atoms with Crippen molar-refractivity contribution in [3.63, 3.8) is 0 Å². The maximum absolute atomic E-state index is 10.5.